The van der Waals surface area contributed by atoms with Crippen molar-refractivity contribution in [3.8, 4) is 5.75 Å². The van der Waals surface area contributed by atoms with Gasteiger partial charge in [-0.25, -0.2) is 0 Å². The molecule has 162 valence electrons. The number of amides is 1. The second-order valence-electron chi connectivity index (χ2n) is 8.76. The molecule has 1 unspecified atom stereocenters. The molecule has 1 saturated heterocycles. The molecule has 29 heavy (non-hydrogen) atoms. The molecule has 1 aromatic rings. The van der Waals surface area contributed by atoms with Crippen molar-refractivity contribution in [3.63, 3.8) is 0 Å². The highest BCUT2D eigenvalue weighted by Crippen LogP contribution is 2.47. The Bertz CT molecular complexity index is 718. The van der Waals surface area contributed by atoms with Crippen molar-refractivity contribution in [2.45, 2.75) is 63.1 Å². The van der Waals surface area contributed by atoms with Crippen LogP contribution in [0.5, 0.6) is 5.75 Å². The van der Waals surface area contributed by atoms with Crippen LogP contribution in [0, 0.1) is 5.92 Å². The van der Waals surface area contributed by atoms with Crippen LogP contribution in [0.25, 0.3) is 0 Å². The Kier molecular flexibility index (Phi) is 7.01. The van der Waals surface area contributed by atoms with E-state index in [1.807, 2.05) is 31.3 Å². The third-order valence-electron chi connectivity index (χ3n) is 6.22. The highest BCUT2D eigenvalue weighted by Gasteiger charge is 2.46. The molecule has 1 aromatic carbocycles. The molecule has 2 heterocycles. The SMILES string of the molecule is CO[C@@H]1c2cc(NC(=O)[C@H]3CCCN3)ccc2O[C@H](C(CCO)[Si](C)(C)O)[C@H]1C. The van der Waals surface area contributed by atoms with Gasteiger partial charge < -0.3 is 30.0 Å². The fourth-order valence-electron chi connectivity index (χ4n) is 4.65. The van der Waals surface area contributed by atoms with E-state index in [1.165, 1.54) is 0 Å². The van der Waals surface area contributed by atoms with Gasteiger partial charge in [0.2, 0.25) is 5.91 Å². The van der Waals surface area contributed by atoms with Crippen molar-refractivity contribution in [1.29, 1.82) is 0 Å². The van der Waals surface area contributed by atoms with Gasteiger partial charge in [0.1, 0.15) is 11.9 Å². The number of benzene rings is 1. The van der Waals surface area contributed by atoms with E-state index in [9.17, 15) is 14.7 Å². The Morgan fingerprint density at radius 2 is 2.21 bits per heavy atom. The van der Waals surface area contributed by atoms with Gasteiger partial charge in [0, 0.05) is 36.4 Å². The first-order valence-electron chi connectivity index (χ1n) is 10.5. The number of ether oxygens (including phenoxy) is 2. The van der Waals surface area contributed by atoms with E-state index in [0.717, 1.165) is 30.6 Å². The molecule has 0 radical (unpaired) electrons. The Balaban J connectivity index is 1.85. The first-order valence-corrected chi connectivity index (χ1v) is 13.5. The predicted molar refractivity (Wildman–Crippen MR) is 115 cm³/mol. The Labute approximate surface area is 173 Å². The minimum Gasteiger partial charge on any atom is -0.490 e. The van der Waals surface area contributed by atoms with Gasteiger partial charge in [-0.1, -0.05) is 6.92 Å². The summed E-state index contributed by atoms with van der Waals surface area (Å²) in [6, 6.07) is 5.49. The largest absolute Gasteiger partial charge is 0.490 e. The van der Waals surface area contributed by atoms with Gasteiger partial charge in [-0.15, -0.1) is 0 Å². The summed E-state index contributed by atoms with van der Waals surface area (Å²) in [5.74, 6) is 0.679. The summed E-state index contributed by atoms with van der Waals surface area (Å²) in [6.45, 7) is 6.71. The molecule has 0 spiro atoms. The molecule has 2 aliphatic heterocycles. The minimum atomic E-state index is -2.55. The van der Waals surface area contributed by atoms with E-state index in [0.29, 0.717) is 12.2 Å². The van der Waals surface area contributed by atoms with Gasteiger partial charge in [0.15, 0.2) is 8.32 Å². The number of rotatable bonds is 7. The average Bonchev–Trinajstić information content (AvgIpc) is 3.20. The van der Waals surface area contributed by atoms with E-state index in [1.54, 1.807) is 7.11 Å². The molecule has 2 aliphatic rings. The van der Waals surface area contributed by atoms with Crippen molar-refractivity contribution in [2.75, 3.05) is 25.6 Å². The van der Waals surface area contributed by atoms with Crippen LogP contribution in [0.15, 0.2) is 18.2 Å². The van der Waals surface area contributed by atoms with Gasteiger partial charge in [-0.05, 0) is 57.1 Å². The maximum atomic E-state index is 12.4. The van der Waals surface area contributed by atoms with Crippen LogP contribution in [0.3, 0.4) is 0 Å². The average molecular weight is 423 g/mol. The summed E-state index contributed by atoms with van der Waals surface area (Å²) in [5, 5.41) is 15.7. The van der Waals surface area contributed by atoms with Crippen LogP contribution in [0.4, 0.5) is 5.69 Å². The Morgan fingerprint density at radius 1 is 1.45 bits per heavy atom. The number of anilines is 1. The van der Waals surface area contributed by atoms with Gasteiger partial charge in [0.05, 0.1) is 12.1 Å². The topological polar surface area (TPSA) is 100 Å². The van der Waals surface area contributed by atoms with Crippen molar-refractivity contribution in [3.05, 3.63) is 23.8 Å². The molecule has 3 rings (SSSR count). The number of carbonyl (C=O) groups excluding carboxylic acids is 1. The van der Waals surface area contributed by atoms with Crippen molar-refractivity contribution in [2.24, 2.45) is 5.92 Å². The summed E-state index contributed by atoms with van der Waals surface area (Å²) in [7, 11) is -0.883. The Morgan fingerprint density at radius 3 is 2.79 bits per heavy atom. The lowest BCUT2D eigenvalue weighted by Gasteiger charge is -2.43. The van der Waals surface area contributed by atoms with Gasteiger partial charge >= 0.3 is 0 Å². The second kappa shape index (κ2) is 9.14. The molecule has 0 aromatic heterocycles. The van der Waals surface area contributed by atoms with Crippen LogP contribution < -0.4 is 15.4 Å². The van der Waals surface area contributed by atoms with E-state index >= 15 is 0 Å². The minimum absolute atomic E-state index is 0.00887. The van der Waals surface area contributed by atoms with Crippen LogP contribution in [-0.2, 0) is 9.53 Å². The highest BCUT2D eigenvalue weighted by molar-refractivity contribution is 6.71. The lowest BCUT2D eigenvalue weighted by molar-refractivity contribution is -0.117. The number of methoxy groups -OCH3 is 1. The number of hydrogen-bond donors (Lipinski definition) is 4. The fraction of sp³-hybridized carbons (Fsp3) is 0.667. The summed E-state index contributed by atoms with van der Waals surface area (Å²) in [4.78, 5) is 23.2. The second-order valence-corrected chi connectivity index (χ2v) is 12.8. The molecule has 8 heteroatoms. The van der Waals surface area contributed by atoms with Crippen LogP contribution in [0.2, 0.25) is 18.6 Å². The summed E-state index contributed by atoms with van der Waals surface area (Å²) >= 11 is 0. The zero-order valence-electron chi connectivity index (χ0n) is 17.8. The number of aliphatic hydroxyl groups excluding tert-OH is 1. The molecule has 7 nitrogen and oxygen atoms in total. The maximum absolute atomic E-state index is 12.4. The number of hydrogen-bond acceptors (Lipinski definition) is 6. The Hall–Kier alpha value is -1.45. The molecule has 1 fully saturated rings. The number of carbonyl (C=O) groups is 1. The van der Waals surface area contributed by atoms with E-state index in [2.05, 4.69) is 17.6 Å². The van der Waals surface area contributed by atoms with Crippen LogP contribution >= 0.6 is 0 Å². The fourth-order valence-corrected chi connectivity index (χ4v) is 6.66. The predicted octanol–water partition coefficient (Wildman–Crippen LogP) is 2.41. The van der Waals surface area contributed by atoms with Crippen molar-refractivity contribution >= 4 is 19.9 Å². The third kappa shape index (κ3) is 4.83. The molecule has 0 bridgehead atoms. The molecule has 5 atom stereocenters. The molecule has 4 N–H and O–H groups in total. The molecule has 1 amide bonds. The normalized spacial score (nSPS) is 27.8. The van der Waals surface area contributed by atoms with Crippen LogP contribution in [0.1, 0.15) is 37.9 Å². The third-order valence-corrected chi connectivity index (χ3v) is 8.65. The zero-order valence-corrected chi connectivity index (χ0v) is 18.8. The molecular weight excluding hydrogens is 388 g/mol. The van der Waals surface area contributed by atoms with Gasteiger partial charge in [-0.2, -0.15) is 0 Å². The first-order chi connectivity index (χ1) is 13.8. The first kappa shape index (κ1) is 22.2. The lowest BCUT2D eigenvalue weighted by Crippen LogP contribution is -2.48. The maximum Gasteiger partial charge on any atom is 0.241 e. The van der Waals surface area contributed by atoms with Gasteiger partial charge in [0.25, 0.3) is 0 Å². The smallest absolute Gasteiger partial charge is 0.241 e. The summed E-state index contributed by atoms with van der Waals surface area (Å²) in [5.41, 5.74) is 1.51. The quantitative estimate of drug-likeness (QED) is 0.504. The van der Waals surface area contributed by atoms with E-state index < -0.39 is 8.32 Å². The van der Waals surface area contributed by atoms with E-state index in [4.69, 9.17) is 9.47 Å². The van der Waals surface area contributed by atoms with Crippen molar-refractivity contribution in [1.82, 2.24) is 5.32 Å². The molecule has 0 saturated carbocycles. The number of aliphatic hydroxyl groups is 1. The molecular formula is C21H34N2O5Si. The summed E-state index contributed by atoms with van der Waals surface area (Å²) < 4.78 is 12.2. The zero-order chi connectivity index (χ0) is 21.2. The van der Waals surface area contributed by atoms with E-state index in [-0.39, 0.29) is 42.2 Å². The standard InChI is InChI=1S/C21H34N2O5Si/c1-13-19(27-2)15-12-14(23-21(25)16-6-5-10-22-16)7-8-17(15)28-20(13)18(9-11-24)29(3,4)26/h7-8,12-13,16,18-20,22,24,26H,5-6,9-11H2,1-4H3,(H,23,25)/t13-,16+,18?,19-,20-/m0/s1. The number of nitrogens with one attached hydrogen (secondary N) is 2. The summed E-state index contributed by atoms with van der Waals surface area (Å²) in [6.07, 6.45) is 1.91. The molecule has 0 aliphatic carbocycles. The monoisotopic (exact) mass is 422 g/mol. The lowest BCUT2D eigenvalue weighted by atomic mass is 9.86. The van der Waals surface area contributed by atoms with Crippen LogP contribution in [-0.4, -0.2) is 56.5 Å². The number of fused-ring (bicyclic) bond motifs is 1. The van der Waals surface area contributed by atoms with Crippen molar-refractivity contribution < 1.29 is 24.2 Å². The van der Waals surface area contributed by atoms with Gasteiger partial charge in [-0.3, -0.25) is 4.79 Å². The highest BCUT2D eigenvalue weighted by atomic mass is 28.4.